The predicted molar refractivity (Wildman–Crippen MR) is 91.9 cm³/mol. The van der Waals surface area contributed by atoms with Gasteiger partial charge in [-0.2, -0.15) is 0 Å². The number of carboxylic acid groups (broad SMARTS) is 1. The largest absolute Gasteiger partial charge is 0.480 e. The van der Waals surface area contributed by atoms with Crippen LogP contribution in [-0.2, 0) is 11.3 Å². The molecule has 1 saturated heterocycles. The smallest absolute Gasteiger partial charge is 0.317 e. The molecule has 5 nitrogen and oxygen atoms in total. The van der Waals surface area contributed by atoms with Crippen molar-refractivity contribution in [2.24, 2.45) is 0 Å². The second-order valence-electron chi connectivity index (χ2n) is 7.28. The third-order valence-corrected chi connectivity index (χ3v) is 6.18. The molecular weight excluding hydrogens is 310 g/mol. The summed E-state index contributed by atoms with van der Waals surface area (Å²) in [5.41, 5.74) is 1.08. The quantitative estimate of drug-likeness (QED) is 0.835. The van der Waals surface area contributed by atoms with E-state index in [2.05, 4.69) is 22.5 Å². The van der Waals surface area contributed by atoms with Crippen molar-refractivity contribution in [1.82, 2.24) is 15.2 Å². The van der Waals surface area contributed by atoms with E-state index in [9.17, 15) is 4.79 Å². The fraction of sp³-hybridized carbons (Fsp3) is 0.765. The molecule has 1 aromatic heterocycles. The van der Waals surface area contributed by atoms with Gasteiger partial charge >= 0.3 is 5.97 Å². The lowest BCUT2D eigenvalue weighted by molar-refractivity contribution is -0.136. The van der Waals surface area contributed by atoms with Crippen molar-refractivity contribution in [3.63, 3.8) is 0 Å². The van der Waals surface area contributed by atoms with E-state index in [0.717, 1.165) is 26.1 Å². The molecule has 0 bridgehead atoms. The second-order valence-corrected chi connectivity index (χ2v) is 8.17. The van der Waals surface area contributed by atoms with Crippen LogP contribution >= 0.6 is 11.3 Å². The SMILES string of the molecule is C[C@@]1(NCC(=O)O)CCN(Cc2csc(C3CCCCC3)n2)C1. The van der Waals surface area contributed by atoms with Gasteiger partial charge in [0.25, 0.3) is 0 Å². The molecule has 2 heterocycles. The van der Waals surface area contributed by atoms with Gasteiger partial charge in [-0.1, -0.05) is 19.3 Å². The first-order valence-electron chi connectivity index (χ1n) is 8.68. The Morgan fingerprint density at radius 1 is 1.48 bits per heavy atom. The van der Waals surface area contributed by atoms with Gasteiger partial charge in [0.15, 0.2) is 0 Å². The van der Waals surface area contributed by atoms with E-state index in [4.69, 9.17) is 10.1 Å². The van der Waals surface area contributed by atoms with Crippen molar-refractivity contribution < 1.29 is 9.90 Å². The molecule has 1 saturated carbocycles. The lowest BCUT2D eigenvalue weighted by atomic mass is 9.90. The number of nitrogens with zero attached hydrogens (tertiary/aromatic N) is 2. The lowest BCUT2D eigenvalue weighted by Gasteiger charge is -2.25. The number of hydrogen-bond acceptors (Lipinski definition) is 5. The number of aromatic nitrogens is 1. The molecule has 1 aliphatic carbocycles. The molecule has 2 aliphatic rings. The standard InChI is InChI=1S/C17H27N3O2S/c1-17(18-9-15(21)22)7-8-20(12-17)10-14-11-23-16(19-14)13-5-3-2-4-6-13/h11,13,18H,2-10,12H2,1H3,(H,21,22)/t17-/m1/s1. The third kappa shape index (κ3) is 4.52. The zero-order chi connectivity index (χ0) is 16.3. The Bertz CT molecular complexity index is 542. The van der Waals surface area contributed by atoms with Crippen LogP contribution in [0.15, 0.2) is 5.38 Å². The van der Waals surface area contributed by atoms with Gasteiger partial charge < -0.3 is 10.4 Å². The summed E-state index contributed by atoms with van der Waals surface area (Å²) in [6, 6.07) is 0. The molecule has 1 aliphatic heterocycles. The molecule has 0 aromatic carbocycles. The van der Waals surface area contributed by atoms with Crippen LogP contribution in [0.4, 0.5) is 0 Å². The van der Waals surface area contributed by atoms with Crippen LogP contribution in [-0.4, -0.2) is 46.1 Å². The fourth-order valence-corrected chi connectivity index (χ4v) is 4.77. The van der Waals surface area contributed by atoms with Crippen molar-refractivity contribution in [2.75, 3.05) is 19.6 Å². The second kappa shape index (κ2) is 7.28. The van der Waals surface area contributed by atoms with Gasteiger partial charge in [0.2, 0.25) is 0 Å². The number of thiazole rings is 1. The van der Waals surface area contributed by atoms with Crippen molar-refractivity contribution in [3.8, 4) is 0 Å². The van der Waals surface area contributed by atoms with Crippen LogP contribution in [0.25, 0.3) is 0 Å². The minimum atomic E-state index is -0.790. The first kappa shape index (κ1) is 16.9. The Labute approximate surface area is 142 Å². The van der Waals surface area contributed by atoms with Crippen LogP contribution in [0.1, 0.15) is 62.1 Å². The summed E-state index contributed by atoms with van der Waals surface area (Å²) in [7, 11) is 0. The summed E-state index contributed by atoms with van der Waals surface area (Å²) in [5, 5.41) is 15.5. The molecule has 23 heavy (non-hydrogen) atoms. The number of aliphatic carboxylic acids is 1. The van der Waals surface area contributed by atoms with E-state index in [-0.39, 0.29) is 12.1 Å². The first-order chi connectivity index (χ1) is 11.0. The summed E-state index contributed by atoms with van der Waals surface area (Å²) < 4.78 is 0. The van der Waals surface area contributed by atoms with Gasteiger partial charge in [-0.05, 0) is 26.2 Å². The topological polar surface area (TPSA) is 65.5 Å². The van der Waals surface area contributed by atoms with Crippen LogP contribution in [0.2, 0.25) is 0 Å². The number of carbonyl (C=O) groups is 1. The predicted octanol–water partition coefficient (Wildman–Crippen LogP) is 2.83. The van der Waals surface area contributed by atoms with Gasteiger partial charge in [0.05, 0.1) is 17.2 Å². The Hall–Kier alpha value is -0.980. The number of carboxylic acids is 1. The normalized spacial score (nSPS) is 26.7. The molecule has 0 spiro atoms. The monoisotopic (exact) mass is 337 g/mol. The van der Waals surface area contributed by atoms with E-state index in [1.165, 1.54) is 42.8 Å². The summed E-state index contributed by atoms with van der Waals surface area (Å²) in [6.07, 6.45) is 7.66. The average Bonchev–Trinajstić information content (AvgIpc) is 3.14. The highest BCUT2D eigenvalue weighted by atomic mass is 32.1. The first-order valence-corrected chi connectivity index (χ1v) is 9.55. The Morgan fingerprint density at radius 3 is 3.00 bits per heavy atom. The summed E-state index contributed by atoms with van der Waals surface area (Å²) >= 11 is 1.82. The molecule has 3 rings (SSSR count). The van der Waals surface area contributed by atoms with Crippen LogP contribution in [0.5, 0.6) is 0 Å². The molecule has 6 heteroatoms. The van der Waals surface area contributed by atoms with E-state index in [1.807, 2.05) is 11.3 Å². The van der Waals surface area contributed by atoms with Crippen molar-refractivity contribution in [3.05, 3.63) is 16.1 Å². The number of likely N-dealkylation sites (tertiary alicyclic amines) is 1. The van der Waals surface area contributed by atoms with Crippen molar-refractivity contribution in [1.29, 1.82) is 0 Å². The Balaban J connectivity index is 1.52. The number of rotatable bonds is 6. The molecule has 128 valence electrons. The zero-order valence-electron chi connectivity index (χ0n) is 13.9. The molecule has 1 atom stereocenters. The zero-order valence-corrected chi connectivity index (χ0v) is 14.7. The van der Waals surface area contributed by atoms with E-state index in [1.54, 1.807) is 0 Å². The molecular formula is C17H27N3O2S. The minimum absolute atomic E-state index is 0.0346. The fourth-order valence-electron chi connectivity index (χ4n) is 3.79. The Morgan fingerprint density at radius 2 is 2.26 bits per heavy atom. The minimum Gasteiger partial charge on any atom is -0.480 e. The number of nitrogens with one attached hydrogen (secondary N) is 1. The number of hydrogen-bond donors (Lipinski definition) is 2. The molecule has 2 fully saturated rings. The molecule has 1 aromatic rings. The van der Waals surface area contributed by atoms with Crippen molar-refractivity contribution >= 4 is 17.3 Å². The highest BCUT2D eigenvalue weighted by Gasteiger charge is 2.34. The highest BCUT2D eigenvalue weighted by Crippen LogP contribution is 2.34. The van der Waals surface area contributed by atoms with E-state index >= 15 is 0 Å². The van der Waals surface area contributed by atoms with Gasteiger partial charge in [0.1, 0.15) is 0 Å². The van der Waals surface area contributed by atoms with Crippen LogP contribution < -0.4 is 5.32 Å². The van der Waals surface area contributed by atoms with Crippen LogP contribution in [0.3, 0.4) is 0 Å². The molecule has 0 amide bonds. The highest BCUT2D eigenvalue weighted by molar-refractivity contribution is 7.09. The molecule has 0 radical (unpaired) electrons. The van der Waals surface area contributed by atoms with Gasteiger partial charge in [0, 0.05) is 36.5 Å². The van der Waals surface area contributed by atoms with Crippen molar-refractivity contribution in [2.45, 2.75) is 63.5 Å². The van der Waals surface area contributed by atoms with Gasteiger partial charge in [-0.3, -0.25) is 9.69 Å². The summed E-state index contributed by atoms with van der Waals surface area (Å²) in [6.45, 7) is 4.92. The van der Waals surface area contributed by atoms with Crippen LogP contribution in [0, 0.1) is 0 Å². The maximum Gasteiger partial charge on any atom is 0.317 e. The van der Waals surface area contributed by atoms with E-state index in [0.29, 0.717) is 5.92 Å². The van der Waals surface area contributed by atoms with Gasteiger partial charge in [-0.15, -0.1) is 11.3 Å². The Kier molecular flexibility index (Phi) is 5.34. The average molecular weight is 337 g/mol. The maximum atomic E-state index is 10.7. The lowest BCUT2D eigenvalue weighted by Crippen LogP contribution is -2.46. The maximum absolute atomic E-state index is 10.7. The molecule has 0 unspecified atom stereocenters. The van der Waals surface area contributed by atoms with E-state index < -0.39 is 5.97 Å². The summed E-state index contributed by atoms with van der Waals surface area (Å²) in [5.74, 6) is -0.107. The van der Waals surface area contributed by atoms with Gasteiger partial charge in [-0.25, -0.2) is 4.98 Å². The molecule has 2 N–H and O–H groups in total. The summed E-state index contributed by atoms with van der Waals surface area (Å²) in [4.78, 5) is 18.0. The third-order valence-electron chi connectivity index (χ3n) is 5.13.